The van der Waals surface area contributed by atoms with E-state index in [9.17, 15) is 4.79 Å². The van der Waals surface area contributed by atoms with Crippen molar-refractivity contribution in [1.29, 1.82) is 5.26 Å². The molecule has 1 fully saturated rings. The van der Waals surface area contributed by atoms with Gasteiger partial charge in [-0.3, -0.25) is 4.79 Å². The molecule has 3 N–H and O–H groups in total. The van der Waals surface area contributed by atoms with Gasteiger partial charge in [-0.25, -0.2) is 0 Å². The van der Waals surface area contributed by atoms with Gasteiger partial charge in [0.1, 0.15) is 0 Å². The Morgan fingerprint density at radius 3 is 2.72 bits per heavy atom. The van der Waals surface area contributed by atoms with Crippen LogP contribution in [0.2, 0.25) is 5.02 Å². The second-order valence-electron chi connectivity index (χ2n) is 4.60. The summed E-state index contributed by atoms with van der Waals surface area (Å²) in [6.45, 7) is 0.354. The van der Waals surface area contributed by atoms with Gasteiger partial charge in [-0.2, -0.15) is 5.26 Å². The third kappa shape index (κ3) is 2.20. The van der Waals surface area contributed by atoms with Crippen LogP contribution in [0.4, 0.5) is 5.69 Å². The Hall–Kier alpha value is -1.57. The van der Waals surface area contributed by atoms with Gasteiger partial charge in [-0.05, 0) is 31.0 Å². The molecule has 1 aromatic carbocycles. The van der Waals surface area contributed by atoms with Gasteiger partial charge in [-0.1, -0.05) is 18.0 Å². The van der Waals surface area contributed by atoms with Gasteiger partial charge in [0.2, 0.25) is 5.91 Å². The Morgan fingerprint density at radius 1 is 1.56 bits per heavy atom. The zero-order chi connectivity index (χ0) is 13.2. The molecule has 0 spiro atoms. The lowest BCUT2D eigenvalue weighted by atomic mass is 9.68. The second-order valence-corrected chi connectivity index (χ2v) is 5.01. The topological polar surface area (TPSA) is 78.9 Å². The Morgan fingerprint density at radius 2 is 2.28 bits per heavy atom. The number of nitrogens with one attached hydrogen (secondary N) is 1. The van der Waals surface area contributed by atoms with Gasteiger partial charge < -0.3 is 11.1 Å². The monoisotopic (exact) mass is 263 g/mol. The molecule has 0 saturated heterocycles. The molecule has 0 heterocycles. The number of hydrogen-bond acceptors (Lipinski definition) is 3. The number of carbonyl (C=O) groups excluding carboxylic acids is 1. The molecule has 0 aliphatic heterocycles. The molecule has 94 valence electrons. The van der Waals surface area contributed by atoms with Crippen LogP contribution in [0.1, 0.15) is 24.8 Å². The Kier molecular flexibility index (Phi) is 3.55. The molecule has 0 atom stereocenters. The van der Waals surface area contributed by atoms with Crippen molar-refractivity contribution in [1.82, 2.24) is 0 Å². The molecule has 4 nitrogen and oxygen atoms in total. The molecule has 0 unspecified atom stereocenters. The molecule has 1 aromatic rings. The number of rotatable bonds is 3. The minimum atomic E-state index is -0.433. The fourth-order valence-electron chi connectivity index (χ4n) is 2.07. The van der Waals surface area contributed by atoms with Gasteiger partial charge in [0.05, 0.1) is 27.8 Å². The summed E-state index contributed by atoms with van der Waals surface area (Å²) in [6, 6.07) is 6.79. The van der Waals surface area contributed by atoms with E-state index in [4.69, 9.17) is 22.6 Å². The summed E-state index contributed by atoms with van der Waals surface area (Å²) in [5.74, 6) is -0.0807. The molecule has 1 saturated carbocycles. The average molecular weight is 264 g/mol. The maximum absolute atomic E-state index is 12.1. The van der Waals surface area contributed by atoms with Crippen LogP contribution in [0.3, 0.4) is 0 Å². The number of benzene rings is 1. The zero-order valence-electron chi connectivity index (χ0n) is 9.87. The second kappa shape index (κ2) is 4.97. The van der Waals surface area contributed by atoms with E-state index in [2.05, 4.69) is 5.32 Å². The highest BCUT2D eigenvalue weighted by Gasteiger charge is 2.42. The van der Waals surface area contributed by atoms with Gasteiger partial charge in [0.15, 0.2) is 0 Å². The molecule has 1 aliphatic carbocycles. The maximum atomic E-state index is 12.1. The van der Waals surface area contributed by atoms with Crippen molar-refractivity contribution in [2.75, 3.05) is 11.9 Å². The molecule has 5 heteroatoms. The van der Waals surface area contributed by atoms with Crippen molar-refractivity contribution in [3.05, 3.63) is 28.8 Å². The van der Waals surface area contributed by atoms with E-state index in [1.807, 2.05) is 6.07 Å². The van der Waals surface area contributed by atoms with Crippen LogP contribution in [0.5, 0.6) is 0 Å². The fraction of sp³-hybridized carbons (Fsp3) is 0.385. The van der Waals surface area contributed by atoms with E-state index in [1.54, 1.807) is 12.1 Å². The molecule has 0 aromatic heterocycles. The number of anilines is 1. The van der Waals surface area contributed by atoms with Crippen LogP contribution in [-0.2, 0) is 4.79 Å². The summed E-state index contributed by atoms with van der Waals surface area (Å²) < 4.78 is 0. The largest absolute Gasteiger partial charge is 0.329 e. The summed E-state index contributed by atoms with van der Waals surface area (Å²) in [5, 5.41) is 11.9. The lowest BCUT2D eigenvalue weighted by Crippen LogP contribution is -2.47. The molecule has 0 radical (unpaired) electrons. The number of amides is 1. The number of nitrogens with zero attached hydrogens (tertiary/aromatic N) is 1. The van der Waals surface area contributed by atoms with E-state index in [0.29, 0.717) is 22.8 Å². The van der Waals surface area contributed by atoms with Gasteiger partial charge in [-0.15, -0.1) is 0 Å². The Bertz CT molecular complexity index is 512. The summed E-state index contributed by atoms with van der Waals surface area (Å²) in [5.41, 5.74) is 6.23. The zero-order valence-corrected chi connectivity index (χ0v) is 10.6. The van der Waals surface area contributed by atoms with E-state index >= 15 is 0 Å². The first-order valence-electron chi connectivity index (χ1n) is 5.82. The van der Waals surface area contributed by atoms with Crippen molar-refractivity contribution >= 4 is 23.2 Å². The number of nitriles is 1. The molecular formula is C13H14ClN3O. The van der Waals surface area contributed by atoms with Crippen molar-refractivity contribution in [2.45, 2.75) is 19.3 Å². The van der Waals surface area contributed by atoms with E-state index in [1.165, 1.54) is 6.07 Å². The normalized spacial score (nSPS) is 16.5. The van der Waals surface area contributed by atoms with Crippen LogP contribution >= 0.6 is 11.6 Å². The molecule has 1 amide bonds. The SMILES string of the molecule is N#Cc1ccc(NC(=O)C2(CN)CCC2)c(Cl)c1. The lowest BCUT2D eigenvalue weighted by molar-refractivity contribution is -0.129. The Labute approximate surface area is 111 Å². The summed E-state index contributed by atoms with van der Waals surface area (Å²) in [6.07, 6.45) is 2.68. The van der Waals surface area contributed by atoms with Gasteiger partial charge in [0.25, 0.3) is 0 Å². The number of halogens is 1. The third-order valence-electron chi connectivity index (χ3n) is 3.53. The highest BCUT2D eigenvalue weighted by atomic mass is 35.5. The predicted molar refractivity (Wildman–Crippen MR) is 70.1 cm³/mol. The average Bonchev–Trinajstić information content (AvgIpc) is 2.31. The lowest BCUT2D eigenvalue weighted by Gasteiger charge is -2.39. The number of nitrogens with two attached hydrogens (primary N) is 1. The highest BCUT2D eigenvalue weighted by Crippen LogP contribution is 2.41. The molecule has 1 aliphatic rings. The Balaban J connectivity index is 2.15. The standard InChI is InChI=1S/C13H14ClN3O/c14-10-6-9(7-15)2-3-11(10)17-12(18)13(8-16)4-1-5-13/h2-3,6H,1,4-5,8,16H2,(H,17,18). The summed E-state index contributed by atoms with van der Waals surface area (Å²) >= 11 is 6.01. The minimum Gasteiger partial charge on any atom is -0.329 e. The first kappa shape index (κ1) is 12.9. The van der Waals surface area contributed by atoms with Crippen LogP contribution in [0, 0.1) is 16.7 Å². The van der Waals surface area contributed by atoms with Gasteiger partial charge >= 0.3 is 0 Å². The van der Waals surface area contributed by atoms with Crippen LogP contribution in [0.15, 0.2) is 18.2 Å². The van der Waals surface area contributed by atoms with Crippen LogP contribution in [-0.4, -0.2) is 12.5 Å². The number of hydrogen-bond donors (Lipinski definition) is 2. The minimum absolute atomic E-state index is 0.0807. The first-order chi connectivity index (χ1) is 8.61. The molecular weight excluding hydrogens is 250 g/mol. The molecule has 18 heavy (non-hydrogen) atoms. The summed E-state index contributed by atoms with van der Waals surface area (Å²) in [7, 11) is 0. The third-order valence-corrected chi connectivity index (χ3v) is 3.84. The van der Waals surface area contributed by atoms with E-state index < -0.39 is 5.41 Å². The fourth-order valence-corrected chi connectivity index (χ4v) is 2.30. The van der Waals surface area contributed by atoms with Gasteiger partial charge in [0, 0.05) is 6.54 Å². The highest BCUT2D eigenvalue weighted by molar-refractivity contribution is 6.33. The quantitative estimate of drug-likeness (QED) is 0.878. The maximum Gasteiger partial charge on any atom is 0.231 e. The van der Waals surface area contributed by atoms with Crippen molar-refractivity contribution in [3.8, 4) is 6.07 Å². The molecule has 0 bridgehead atoms. The smallest absolute Gasteiger partial charge is 0.231 e. The van der Waals surface area contributed by atoms with Crippen molar-refractivity contribution in [3.63, 3.8) is 0 Å². The van der Waals surface area contributed by atoms with Crippen molar-refractivity contribution in [2.24, 2.45) is 11.1 Å². The first-order valence-corrected chi connectivity index (χ1v) is 6.20. The predicted octanol–water partition coefficient (Wildman–Crippen LogP) is 2.28. The molecule has 2 rings (SSSR count). The van der Waals surface area contributed by atoms with E-state index in [-0.39, 0.29) is 5.91 Å². The van der Waals surface area contributed by atoms with Crippen molar-refractivity contribution < 1.29 is 4.79 Å². The van der Waals surface area contributed by atoms with E-state index in [0.717, 1.165) is 19.3 Å². The van der Waals surface area contributed by atoms with Crippen LogP contribution < -0.4 is 11.1 Å². The summed E-state index contributed by atoms with van der Waals surface area (Å²) in [4.78, 5) is 12.1. The van der Waals surface area contributed by atoms with Crippen LogP contribution in [0.25, 0.3) is 0 Å². The number of carbonyl (C=O) groups is 1.